The Labute approximate surface area is 220 Å². The lowest BCUT2D eigenvalue weighted by Gasteiger charge is -2.44. The Kier molecular flexibility index (Phi) is 8.06. The molecule has 204 valence electrons. The third-order valence-electron chi connectivity index (χ3n) is 7.31. The van der Waals surface area contributed by atoms with Crippen molar-refractivity contribution in [3.63, 3.8) is 0 Å². The summed E-state index contributed by atoms with van der Waals surface area (Å²) in [7, 11) is -3.87. The Morgan fingerprint density at radius 2 is 1.76 bits per heavy atom. The monoisotopic (exact) mass is 559 g/mol. The molecule has 37 heavy (non-hydrogen) atoms. The molecular weight excluding hydrogens is 527 g/mol. The van der Waals surface area contributed by atoms with Crippen LogP contribution in [0.1, 0.15) is 31.7 Å². The van der Waals surface area contributed by atoms with E-state index in [4.69, 9.17) is 10.5 Å². The molecule has 2 atom stereocenters. The Morgan fingerprint density at radius 3 is 2.38 bits per heavy atom. The van der Waals surface area contributed by atoms with Crippen LogP contribution in [0.15, 0.2) is 52.3 Å². The summed E-state index contributed by atoms with van der Waals surface area (Å²) in [4.78, 5) is 2.41. The van der Waals surface area contributed by atoms with Crippen LogP contribution in [0.3, 0.4) is 0 Å². The number of nitrogens with two attached hydrogens (primary N) is 1. The molecule has 0 aromatic heterocycles. The fourth-order valence-corrected chi connectivity index (χ4v) is 7.04. The van der Waals surface area contributed by atoms with E-state index in [0.717, 1.165) is 19.8 Å². The van der Waals surface area contributed by atoms with E-state index in [0.29, 0.717) is 48.4 Å². The lowest BCUT2D eigenvalue weighted by molar-refractivity contribution is -0.258. The maximum atomic E-state index is 13.5. The summed E-state index contributed by atoms with van der Waals surface area (Å²) in [5.41, 5.74) is 3.62. The van der Waals surface area contributed by atoms with Crippen LogP contribution in [0, 0.1) is 5.92 Å². The number of alkyl halides is 3. The zero-order chi connectivity index (χ0) is 27.0. The van der Waals surface area contributed by atoms with Gasteiger partial charge in [-0.25, -0.2) is 8.42 Å². The number of aliphatic hydroxyl groups is 1. The second kappa shape index (κ2) is 10.6. The molecule has 12 heteroatoms. The van der Waals surface area contributed by atoms with Crippen LogP contribution in [-0.2, 0) is 20.4 Å². The molecule has 0 spiro atoms. The number of anilines is 2. The molecule has 2 aromatic rings. The fraction of sp³-hybridized carbons (Fsp3) is 0.520. The third kappa shape index (κ3) is 5.88. The molecule has 0 saturated carbocycles. The second-order valence-electron chi connectivity index (χ2n) is 9.85. The summed E-state index contributed by atoms with van der Waals surface area (Å²) in [6.07, 6.45) is -2.38. The zero-order valence-corrected chi connectivity index (χ0v) is 22.2. The minimum absolute atomic E-state index is 0.0489. The molecule has 0 radical (unpaired) electrons. The summed E-state index contributed by atoms with van der Waals surface area (Å²) in [6.45, 7) is 2.78. The van der Waals surface area contributed by atoms with Gasteiger partial charge in [-0.15, -0.1) is 12.6 Å². The Hall–Kier alpha value is -1.99. The number of benzene rings is 2. The number of thiol groups is 1. The molecule has 0 amide bonds. The standard InChI is InChI=1S/C25H32F3N3O4S2/c1-24(32,25(26,27)28)18-2-5-20(6-3-18)31-11-10-30(16-21(31)14-17-8-12-35-13-9-17)37(33,34)23-15-19(29)4-7-22(23)36/h2-7,15,17,21,32,36H,8-14,16,29H2,1H3/t21-,24-/m0/s1. The van der Waals surface area contributed by atoms with Gasteiger partial charge in [0.05, 0.1) is 4.90 Å². The van der Waals surface area contributed by atoms with E-state index in [1.54, 1.807) is 24.3 Å². The predicted octanol–water partition coefficient (Wildman–Crippen LogP) is 4.02. The van der Waals surface area contributed by atoms with Gasteiger partial charge in [0, 0.05) is 55.2 Å². The van der Waals surface area contributed by atoms with Gasteiger partial charge in [-0.1, -0.05) is 12.1 Å². The van der Waals surface area contributed by atoms with Crippen LogP contribution in [0.25, 0.3) is 0 Å². The van der Waals surface area contributed by atoms with Crippen molar-refractivity contribution >= 4 is 34.0 Å². The zero-order valence-electron chi connectivity index (χ0n) is 20.5. The summed E-state index contributed by atoms with van der Waals surface area (Å²) in [5, 5.41) is 10.0. The molecule has 0 unspecified atom stereocenters. The second-order valence-corrected chi connectivity index (χ2v) is 12.2. The molecule has 7 nitrogen and oxygen atoms in total. The first-order valence-corrected chi connectivity index (χ1v) is 14.0. The first-order valence-electron chi connectivity index (χ1n) is 12.1. The summed E-state index contributed by atoms with van der Waals surface area (Å²) < 4.78 is 73.9. The van der Waals surface area contributed by atoms with Gasteiger partial charge in [0.1, 0.15) is 0 Å². The van der Waals surface area contributed by atoms with Crippen LogP contribution in [0.2, 0.25) is 0 Å². The Bertz CT molecular complexity index is 1200. The smallest absolute Gasteiger partial charge is 0.399 e. The number of nitrogen functional groups attached to an aromatic ring is 1. The lowest BCUT2D eigenvalue weighted by atomic mass is 9.90. The molecule has 2 aliphatic rings. The quantitative estimate of drug-likeness (QED) is 0.366. The van der Waals surface area contributed by atoms with Gasteiger partial charge in [-0.3, -0.25) is 0 Å². The molecule has 2 heterocycles. The Morgan fingerprint density at radius 1 is 1.11 bits per heavy atom. The van der Waals surface area contributed by atoms with Gasteiger partial charge < -0.3 is 20.5 Å². The summed E-state index contributed by atoms with van der Waals surface area (Å²) >= 11 is 4.33. The average Bonchev–Trinajstić information content (AvgIpc) is 2.85. The van der Waals surface area contributed by atoms with Crippen molar-refractivity contribution in [3.05, 3.63) is 48.0 Å². The van der Waals surface area contributed by atoms with E-state index in [2.05, 4.69) is 17.5 Å². The molecule has 0 aliphatic carbocycles. The number of hydrogen-bond acceptors (Lipinski definition) is 7. The van der Waals surface area contributed by atoms with E-state index in [1.807, 2.05) is 0 Å². The van der Waals surface area contributed by atoms with Crippen molar-refractivity contribution < 1.29 is 31.4 Å². The largest absolute Gasteiger partial charge is 0.421 e. The SMILES string of the molecule is C[C@](O)(c1ccc(N2CCN(S(=O)(=O)c3cc(N)ccc3S)C[C@@H]2CC2CCOCC2)cc1)C(F)(F)F. The number of ether oxygens (including phenoxy) is 1. The van der Waals surface area contributed by atoms with Crippen molar-refractivity contribution in [1.29, 1.82) is 0 Å². The van der Waals surface area contributed by atoms with E-state index in [-0.39, 0.29) is 29.6 Å². The van der Waals surface area contributed by atoms with E-state index >= 15 is 0 Å². The number of hydrogen-bond donors (Lipinski definition) is 3. The topological polar surface area (TPSA) is 96.1 Å². The van der Waals surface area contributed by atoms with Crippen LogP contribution in [-0.4, -0.2) is 62.9 Å². The van der Waals surface area contributed by atoms with Crippen LogP contribution < -0.4 is 10.6 Å². The third-order valence-corrected chi connectivity index (χ3v) is 9.75. The van der Waals surface area contributed by atoms with Gasteiger partial charge in [0.2, 0.25) is 10.0 Å². The highest BCUT2D eigenvalue weighted by atomic mass is 32.2. The normalized spacial score (nSPS) is 22.1. The number of halogens is 3. The highest BCUT2D eigenvalue weighted by molar-refractivity contribution is 7.90. The van der Waals surface area contributed by atoms with Crippen LogP contribution in [0.5, 0.6) is 0 Å². The minimum Gasteiger partial charge on any atom is -0.399 e. The van der Waals surface area contributed by atoms with E-state index in [1.165, 1.54) is 22.5 Å². The highest BCUT2D eigenvalue weighted by Crippen LogP contribution is 2.39. The Balaban J connectivity index is 1.61. The molecule has 0 bridgehead atoms. The first-order chi connectivity index (χ1) is 17.3. The molecule has 4 rings (SSSR count). The van der Waals surface area contributed by atoms with Crippen molar-refractivity contribution in [3.8, 4) is 0 Å². The predicted molar refractivity (Wildman–Crippen MR) is 138 cm³/mol. The fourth-order valence-electron chi connectivity index (χ4n) is 4.97. The number of sulfonamides is 1. The first kappa shape index (κ1) is 28.0. The molecule has 3 N–H and O–H groups in total. The highest BCUT2D eigenvalue weighted by Gasteiger charge is 2.51. The van der Waals surface area contributed by atoms with Crippen molar-refractivity contribution in [2.24, 2.45) is 5.92 Å². The molecule has 2 aromatic carbocycles. The van der Waals surface area contributed by atoms with Gasteiger partial charge in [-0.05, 0) is 68.0 Å². The molecule has 2 saturated heterocycles. The van der Waals surface area contributed by atoms with E-state index in [9.17, 15) is 26.7 Å². The van der Waals surface area contributed by atoms with Crippen LogP contribution >= 0.6 is 12.6 Å². The number of nitrogens with zero attached hydrogens (tertiary/aromatic N) is 2. The van der Waals surface area contributed by atoms with Gasteiger partial charge in [0.15, 0.2) is 5.60 Å². The van der Waals surface area contributed by atoms with Gasteiger partial charge in [0.25, 0.3) is 0 Å². The van der Waals surface area contributed by atoms with Crippen molar-refractivity contribution in [1.82, 2.24) is 4.31 Å². The molecular formula is C25H32F3N3O4S2. The molecule has 2 fully saturated rings. The minimum atomic E-state index is -4.81. The van der Waals surface area contributed by atoms with Crippen molar-refractivity contribution in [2.45, 2.75) is 53.8 Å². The summed E-state index contributed by atoms with van der Waals surface area (Å²) in [5.74, 6) is 0.335. The number of piperazine rings is 1. The lowest BCUT2D eigenvalue weighted by Crippen LogP contribution is -2.55. The van der Waals surface area contributed by atoms with Crippen LogP contribution in [0.4, 0.5) is 24.5 Å². The van der Waals surface area contributed by atoms with Gasteiger partial charge >= 0.3 is 6.18 Å². The number of rotatable bonds is 6. The van der Waals surface area contributed by atoms with E-state index < -0.39 is 21.8 Å². The average molecular weight is 560 g/mol. The van der Waals surface area contributed by atoms with Gasteiger partial charge in [-0.2, -0.15) is 17.5 Å². The summed E-state index contributed by atoms with van der Waals surface area (Å²) in [6, 6.07) is 10.0. The maximum Gasteiger partial charge on any atom is 0.421 e. The molecule has 2 aliphatic heterocycles. The maximum absolute atomic E-state index is 13.5. The van der Waals surface area contributed by atoms with Crippen molar-refractivity contribution in [2.75, 3.05) is 43.5 Å².